The predicted molar refractivity (Wildman–Crippen MR) is 85.8 cm³/mol. The van der Waals surface area contributed by atoms with Crippen molar-refractivity contribution < 1.29 is 4.74 Å². The lowest BCUT2D eigenvalue weighted by Crippen LogP contribution is -2.38. The van der Waals surface area contributed by atoms with Crippen LogP contribution in [0.2, 0.25) is 0 Å². The van der Waals surface area contributed by atoms with E-state index in [1.54, 1.807) is 6.20 Å². The number of aromatic nitrogens is 3. The van der Waals surface area contributed by atoms with Gasteiger partial charge in [0.25, 0.3) is 0 Å². The van der Waals surface area contributed by atoms with E-state index in [1.165, 1.54) is 11.1 Å². The number of rotatable bonds is 4. The Morgan fingerprint density at radius 2 is 2.05 bits per heavy atom. The van der Waals surface area contributed by atoms with Crippen LogP contribution in [0.15, 0.2) is 30.6 Å². The number of aryl methyl sites for hydroxylation is 1. The molecule has 0 atom stereocenters. The average molecular weight is 298 g/mol. The molecule has 2 aromatic rings. The van der Waals surface area contributed by atoms with Gasteiger partial charge in [-0.1, -0.05) is 6.07 Å². The molecule has 0 aromatic carbocycles. The molecule has 0 aliphatic carbocycles. The second-order valence-electron chi connectivity index (χ2n) is 5.79. The van der Waals surface area contributed by atoms with E-state index in [9.17, 15) is 0 Å². The normalized spacial score (nSPS) is 16.0. The molecule has 0 radical (unpaired) electrons. The minimum absolute atomic E-state index is 0.302. The Labute approximate surface area is 131 Å². The van der Waals surface area contributed by atoms with Crippen molar-refractivity contribution in [2.45, 2.75) is 39.4 Å². The lowest BCUT2D eigenvalue weighted by molar-refractivity contribution is 0.0233. The summed E-state index contributed by atoms with van der Waals surface area (Å²) in [5.41, 5.74) is 3.41. The van der Waals surface area contributed by atoms with Crippen LogP contribution in [0.1, 0.15) is 29.7 Å². The minimum atomic E-state index is 0.302. The summed E-state index contributed by atoms with van der Waals surface area (Å²) in [5.74, 6) is 1.02. The van der Waals surface area contributed by atoms with E-state index < -0.39 is 0 Å². The molecule has 22 heavy (non-hydrogen) atoms. The van der Waals surface area contributed by atoms with Gasteiger partial charge in [0.2, 0.25) is 0 Å². The van der Waals surface area contributed by atoms with Crippen LogP contribution in [-0.2, 0) is 11.3 Å². The van der Waals surface area contributed by atoms with Gasteiger partial charge in [-0.3, -0.25) is 4.98 Å². The molecule has 3 heterocycles. The maximum Gasteiger partial charge on any atom is 0.154 e. The van der Waals surface area contributed by atoms with Gasteiger partial charge in [0.05, 0.1) is 24.6 Å². The lowest BCUT2D eigenvalue weighted by Gasteiger charge is -2.33. The monoisotopic (exact) mass is 298 g/mol. The second kappa shape index (κ2) is 6.83. The molecule has 0 unspecified atom stereocenters. The molecule has 2 aromatic heterocycles. The van der Waals surface area contributed by atoms with Crippen LogP contribution in [0, 0.1) is 13.8 Å². The minimum Gasteiger partial charge on any atom is -0.372 e. The number of ether oxygens (including phenoxy) is 1. The summed E-state index contributed by atoms with van der Waals surface area (Å²) in [6, 6.07) is 5.92. The Kier molecular flexibility index (Phi) is 4.63. The zero-order valence-electron chi connectivity index (χ0n) is 13.2. The van der Waals surface area contributed by atoms with Crippen LogP contribution in [-0.4, -0.2) is 34.4 Å². The van der Waals surface area contributed by atoms with Gasteiger partial charge in [-0.2, -0.15) is 5.10 Å². The van der Waals surface area contributed by atoms with Crippen molar-refractivity contribution in [2.75, 3.05) is 18.0 Å². The van der Waals surface area contributed by atoms with E-state index in [-0.39, 0.29) is 0 Å². The molecule has 0 amide bonds. The molecule has 1 aliphatic rings. The van der Waals surface area contributed by atoms with Gasteiger partial charge >= 0.3 is 0 Å². The summed E-state index contributed by atoms with van der Waals surface area (Å²) >= 11 is 0. The number of nitrogens with zero attached hydrogens (tertiary/aromatic N) is 4. The van der Waals surface area contributed by atoms with Crippen LogP contribution >= 0.6 is 0 Å². The summed E-state index contributed by atoms with van der Waals surface area (Å²) in [6.07, 6.45) is 5.96. The van der Waals surface area contributed by atoms with Crippen molar-refractivity contribution >= 4 is 5.82 Å². The predicted octanol–water partition coefficient (Wildman–Crippen LogP) is 2.67. The summed E-state index contributed by atoms with van der Waals surface area (Å²) in [7, 11) is 0. The van der Waals surface area contributed by atoms with Crippen molar-refractivity contribution in [2.24, 2.45) is 0 Å². The highest BCUT2D eigenvalue weighted by Crippen LogP contribution is 2.23. The van der Waals surface area contributed by atoms with Gasteiger partial charge < -0.3 is 9.64 Å². The topological polar surface area (TPSA) is 51.1 Å². The highest BCUT2D eigenvalue weighted by atomic mass is 16.5. The van der Waals surface area contributed by atoms with Crippen LogP contribution in [0.4, 0.5) is 5.82 Å². The van der Waals surface area contributed by atoms with Gasteiger partial charge in [-0.05, 0) is 49.9 Å². The highest BCUT2D eigenvalue weighted by Gasteiger charge is 2.22. The summed E-state index contributed by atoms with van der Waals surface area (Å²) in [4.78, 5) is 6.61. The molecule has 0 N–H and O–H groups in total. The van der Waals surface area contributed by atoms with Gasteiger partial charge in [0, 0.05) is 19.3 Å². The third kappa shape index (κ3) is 3.42. The van der Waals surface area contributed by atoms with E-state index in [1.807, 2.05) is 24.4 Å². The number of pyridine rings is 1. The molecule has 5 heteroatoms. The third-order valence-corrected chi connectivity index (χ3v) is 4.27. The Morgan fingerprint density at radius 1 is 1.23 bits per heavy atom. The zero-order valence-corrected chi connectivity index (χ0v) is 13.2. The second-order valence-corrected chi connectivity index (χ2v) is 5.79. The van der Waals surface area contributed by atoms with Gasteiger partial charge in [0.1, 0.15) is 0 Å². The molecular weight excluding hydrogens is 276 g/mol. The number of piperidine rings is 1. The first-order valence-corrected chi connectivity index (χ1v) is 7.79. The fraction of sp³-hybridized carbons (Fsp3) is 0.471. The van der Waals surface area contributed by atoms with Crippen molar-refractivity contribution in [1.29, 1.82) is 0 Å². The largest absolute Gasteiger partial charge is 0.372 e. The maximum absolute atomic E-state index is 5.98. The standard InChI is InChI=1S/C17H22N4O/c1-13-11-19-20-17(14(13)2)21-9-6-16(7-10-21)22-12-15-5-3-4-8-18-15/h3-5,8,11,16H,6-7,9-10,12H2,1-2H3. The van der Waals surface area contributed by atoms with Crippen LogP contribution in [0.3, 0.4) is 0 Å². The molecule has 3 rings (SSSR count). The first-order chi connectivity index (χ1) is 10.7. The first kappa shape index (κ1) is 14.9. The Bertz CT molecular complexity index is 609. The van der Waals surface area contributed by atoms with Gasteiger partial charge in [-0.25, -0.2) is 0 Å². The number of hydrogen-bond acceptors (Lipinski definition) is 5. The zero-order chi connectivity index (χ0) is 15.4. The Morgan fingerprint density at radius 3 is 2.77 bits per heavy atom. The number of anilines is 1. The smallest absolute Gasteiger partial charge is 0.154 e. The number of hydrogen-bond donors (Lipinski definition) is 0. The third-order valence-electron chi connectivity index (χ3n) is 4.27. The van der Waals surface area contributed by atoms with Crippen LogP contribution in [0.5, 0.6) is 0 Å². The molecule has 0 spiro atoms. The van der Waals surface area contributed by atoms with Crippen molar-refractivity contribution in [3.63, 3.8) is 0 Å². The molecule has 116 valence electrons. The molecule has 5 nitrogen and oxygen atoms in total. The lowest BCUT2D eigenvalue weighted by atomic mass is 10.1. The van der Waals surface area contributed by atoms with Gasteiger partial charge in [0.15, 0.2) is 5.82 Å². The van der Waals surface area contributed by atoms with Crippen LogP contribution < -0.4 is 4.90 Å². The Hall–Kier alpha value is -2.01. The van der Waals surface area contributed by atoms with E-state index in [2.05, 4.69) is 33.9 Å². The quantitative estimate of drug-likeness (QED) is 0.868. The Balaban J connectivity index is 1.53. The maximum atomic E-state index is 5.98. The average Bonchev–Trinajstić information content (AvgIpc) is 2.57. The first-order valence-electron chi connectivity index (χ1n) is 7.79. The fourth-order valence-electron chi connectivity index (χ4n) is 2.74. The highest BCUT2D eigenvalue weighted by molar-refractivity contribution is 5.48. The summed E-state index contributed by atoms with van der Waals surface area (Å²) in [5, 5.41) is 8.39. The van der Waals surface area contributed by atoms with Crippen molar-refractivity contribution in [3.05, 3.63) is 47.4 Å². The van der Waals surface area contributed by atoms with E-state index in [0.717, 1.165) is 37.4 Å². The molecule has 0 bridgehead atoms. The summed E-state index contributed by atoms with van der Waals surface area (Å²) < 4.78 is 5.98. The van der Waals surface area contributed by atoms with Gasteiger partial charge in [-0.15, -0.1) is 5.10 Å². The van der Waals surface area contributed by atoms with E-state index in [0.29, 0.717) is 12.7 Å². The van der Waals surface area contributed by atoms with Crippen molar-refractivity contribution in [3.8, 4) is 0 Å². The summed E-state index contributed by atoms with van der Waals surface area (Å²) in [6.45, 7) is 6.71. The molecule has 1 aliphatic heterocycles. The molecular formula is C17H22N4O. The van der Waals surface area contributed by atoms with E-state index in [4.69, 9.17) is 4.74 Å². The van der Waals surface area contributed by atoms with Crippen LogP contribution in [0.25, 0.3) is 0 Å². The van der Waals surface area contributed by atoms with Crippen molar-refractivity contribution in [1.82, 2.24) is 15.2 Å². The molecule has 1 fully saturated rings. The van der Waals surface area contributed by atoms with E-state index >= 15 is 0 Å². The fourth-order valence-corrected chi connectivity index (χ4v) is 2.74. The molecule has 1 saturated heterocycles. The molecule has 0 saturated carbocycles. The SMILES string of the molecule is Cc1cnnc(N2CCC(OCc3ccccn3)CC2)c1C.